The number of halogens is 1. The van der Waals surface area contributed by atoms with Crippen molar-refractivity contribution in [2.45, 2.75) is 40.2 Å². The first-order chi connectivity index (χ1) is 11.4. The molecular weight excluding hydrogens is 429 g/mol. The zero-order valence-electron chi connectivity index (χ0n) is 16.4. The molecule has 0 heterocycles. The summed E-state index contributed by atoms with van der Waals surface area (Å²) in [7, 11) is 3.45. The molecule has 0 aromatic heterocycles. The predicted molar refractivity (Wildman–Crippen MR) is 116 cm³/mol. The smallest absolute Gasteiger partial charge is 0.191 e. The maximum absolute atomic E-state index is 5.57. The van der Waals surface area contributed by atoms with Gasteiger partial charge < -0.3 is 20.1 Å². The molecule has 0 bridgehead atoms. The first-order valence-electron chi connectivity index (χ1n) is 8.59. The van der Waals surface area contributed by atoms with E-state index < -0.39 is 0 Å². The van der Waals surface area contributed by atoms with E-state index in [0.29, 0.717) is 6.54 Å². The standard InChI is InChI=1S/C19H33N3O2.HI/c1-7-20-18(22-14-17(24-6)19(2,3)4)21-13-12-15-10-8-9-11-16(15)23-5;/h8-11,17H,7,12-14H2,1-6H3,(H2,20,21,22);1H. The number of nitrogens with zero attached hydrogens (tertiary/aromatic N) is 1. The molecule has 1 atom stereocenters. The van der Waals surface area contributed by atoms with Crippen LogP contribution in [0.5, 0.6) is 5.75 Å². The number of nitrogens with one attached hydrogen (secondary N) is 2. The molecule has 0 saturated carbocycles. The molecule has 0 saturated heterocycles. The summed E-state index contributed by atoms with van der Waals surface area (Å²) >= 11 is 0. The molecule has 0 aliphatic carbocycles. The number of hydrogen-bond acceptors (Lipinski definition) is 3. The molecule has 1 aromatic rings. The Balaban J connectivity index is 0.00000576. The summed E-state index contributed by atoms with van der Waals surface area (Å²) in [6, 6.07) is 8.09. The molecule has 1 unspecified atom stereocenters. The number of hydrogen-bond donors (Lipinski definition) is 2. The van der Waals surface area contributed by atoms with Crippen molar-refractivity contribution in [1.82, 2.24) is 10.6 Å². The van der Waals surface area contributed by atoms with Gasteiger partial charge in [0.15, 0.2) is 5.96 Å². The van der Waals surface area contributed by atoms with Crippen molar-refractivity contribution in [3.63, 3.8) is 0 Å². The second-order valence-electron chi connectivity index (χ2n) is 6.80. The highest BCUT2D eigenvalue weighted by atomic mass is 127. The van der Waals surface area contributed by atoms with Crippen molar-refractivity contribution in [3.05, 3.63) is 29.8 Å². The lowest BCUT2D eigenvalue weighted by Crippen LogP contribution is -2.40. The number of guanidine groups is 1. The summed E-state index contributed by atoms with van der Waals surface area (Å²) in [5.41, 5.74) is 1.25. The predicted octanol–water partition coefficient (Wildman–Crippen LogP) is 3.47. The Bertz CT molecular complexity index is 516. The molecule has 1 aromatic carbocycles. The van der Waals surface area contributed by atoms with Gasteiger partial charge >= 0.3 is 0 Å². The fourth-order valence-electron chi connectivity index (χ4n) is 2.44. The second kappa shape index (κ2) is 12.4. The van der Waals surface area contributed by atoms with Crippen LogP contribution in [-0.2, 0) is 11.2 Å². The maximum atomic E-state index is 5.57. The zero-order valence-corrected chi connectivity index (χ0v) is 18.7. The van der Waals surface area contributed by atoms with Crippen molar-refractivity contribution in [2.75, 3.05) is 33.9 Å². The van der Waals surface area contributed by atoms with Gasteiger partial charge in [-0.15, -0.1) is 24.0 Å². The average Bonchev–Trinajstić information content (AvgIpc) is 2.54. The summed E-state index contributed by atoms with van der Waals surface area (Å²) in [5, 5.41) is 6.66. The maximum Gasteiger partial charge on any atom is 0.191 e. The van der Waals surface area contributed by atoms with Crippen molar-refractivity contribution in [1.29, 1.82) is 0 Å². The minimum Gasteiger partial charge on any atom is -0.496 e. The first-order valence-corrected chi connectivity index (χ1v) is 8.59. The van der Waals surface area contributed by atoms with Crippen LogP contribution in [0.3, 0.4) is 0 Å². The quantitative estimate of drug-likeness (QED) is 0.352. The van der Waals surface area contributed by atoms with Crippen molar-refractivity contribution in [2.24, 2.45) is 10.4 Å². The molecule has 5 nitrogen and oxygen atoms in total. The van der Waals surface area contributed by atoms with Crippen LogP contribution in [0, 0.1) is 5.41 Å². The second-order valence-corrected chi connectivity index (χ2v) is 6.80. The third-order valence-electron chi connectivity index (χ3n) is 3.89. The van der Waals surface area contributed by atoms with Crippen LogP contribution < -0.4 is 15.4 Å². The van der Waals surface area contributed by atoms with E-state index in [1.807, 2.05) is 18.2 Å². The fraction of sp³-hybridized carbons (Fsp3) is 0.632. The molecule has 0 aliphatic heterocycles. The van der Waals surface area contributed by atoms with Gasteiger partial charge in [-0.3, -0.25) is 4.99 Å². The van der Waals surface area contributed by atoms with Gasteiger partial charge in [0.25, 0.3) is 0 Å². The molecule has 6 heteroatoms. The van der Waals surface area contributed by atoms with Crippen LogP contribution in [0.15, 0.2) is 29.3 Å². The van der Waals surface area contributed by atoms with Crippen LogP contribution in [0.4, 0.5) is 0 Å². The molecular formula is C19H34IN3O2. The van der Waals surface area contributed by atoms with E-state index in [1.165, 1.54) is 5.56 Å². The lowest BCUT2D eigenvalue weighted by atomic mass is 9.89. The van der Waals surface area contributed by atoms with Gasteiger partial charge in [0.2, 0.25) is 0 Å². The van der Waals surface area contributed by atoms with Crippen LogP contribution in [0.1, 0.15) is 33.3 Å². The molecule has 0 radical (unpaired) electrons. The topological polar surface area (TPSA) is 54.9 Å². The number of para-hydroxylation sites is 1. The van der Waals surface area contributed by atoms with Gasteiger partial charge in [-0.25, -0.2) is 0 Å². The molecule has 0 amide bonds. The molecule has 0 fully saturated rings. The minimum absolute atomic E-state index is 0. The number of benzene rings is 1. The van der Waals surface area contributed by atoms with Gasteiger partial charge in [-0.2, -0.15) is 0 Å². The summed E-state index contributed by atoms with van der Waals surface area (Å²) in [6.45, 7) is 10.8. The Hall–Kier alpha value is -1.02. The van der Waals surface area contributed by atoms with Gasteiger partial charge in [0.05, 0.1) is 19.8 Å². The first kappa shape index (κ1) is 24.0. The summed E-state index contributed by atoms with van der Waals surface area (Å²) < 4.78 is 11.0. The monoisotopic (exact) mass is 463 g/mol. The van der Waals surface area contributed by atoms with Gasteiger partial charge in [0.1, 0.15) is 5.75 Å². The van der Waals surface area contributed by atoms with E-state index in [2.05, 4.69) is 49.4 Å². The highest BCUT2D eigenvalue weighted by Crippen LogP contribution is 2.21. The SMILES string of the molecule is CCNC(=NCC(OC)C(C)(C)C)NCCc1ccccc1OC.I. The van der Waals surface area contributed by atoms with E-state index in [0.717, 1.165) is 31.2 Å². The third kappa shape index (κ3) is 8.76. The summed E-state index contributed by atoms with van der Waals surface area (Å²) in [4.78, 5) is 4.66. The Morgan fingerprint density at radius 2 is 1.84 bits per heavy atom. The molecule has 144 valence electrons. The van der Waals surface area contributed by atoms with Crippen LogP contribution in [0.25, 0.3) is 0 Å². The molecule has 0 aliphatic rings. The van der Waals surface area contributed by atoms with E-state index in [9.17, 15) is 0 Å². The van der Waals surface area contributed by atoms with Crippen molar-refractivity contribution in [3.8, 4) is 5.75 Å². The Kier molecular flexibility index (Phi) is 11.8. The zero-order chi connectivity index (χ0) is 18.0. The fourth-order valence-corrected chi connectivity index (χ4v) is 2.44. The number of rotatable bonds is 8. The van der Waals surface area contributed by atoms with Gasteiger partial charge in [-0.05, 0) is 30.4 Å². The van der Waals surface area contributed by atoms with E-state index in [4.69, 9.17) is 9.47 Å². The number of methoxy groups -OCH3 is 2. The lowest BCUT2D eigenvalue weighted by molar-refractivity contribution is 0.0241. The lowest BCUT2D eigenvalue weighted by Gasteiger charge is -2.28. The normalized spacial score (nSPS) is 13.0. The van der Waals surface area contributed by atoms with Gasteiger partial charge in [0, 0.05) is 20.2 Å². The van der Waals surface area contributed by atoms with Crippen molar-refractivity contribution < 1.29 is 9.47 Å². The van der Waals surface area contributed by atoms with Crippen LogP contribution in [-0.4, -0.2) is 45.9 Å². The molecule has 1 rings (SSSR count). The average molecular weight is 463 g/mol. The molecule has 2 N–H and O–H groups in total. The van der Waals surface area contributed by atoms with E-state index in [-0.39, 0.29) is 35.5 Å². The Morgan fingerprint density at radius 3 is 2.40 bits per heavy atom. The number of aliphatic imine (C=N–C) groups is 1. The Labute approximate surface area is 170 Å². The number of ether oxygens (including phenoxy) is 2. The van der Waals surface area contributed by atoms with Crippen molar-refractivity contribution >= 4 is 29.9 Å². The van der Waals surface area contributed by atoms with Crippen LogP contribution >= 0.6 is 24.0 Å². The minimum atomic E-state index is 0. The van der Waals surface area contributed by atoms with E-state index in [1.54, 1.807) is 14.2 Å². The third-order valence-corrected chi connectivity index (χ3v) is 3.89. The van der Waals surface area contributed by atoms with Crippen LogP contribution in [0.2, 0.25) is 0 Å². The largest absolute Gasteiger partial charge is 0.496 e. The highest BCUT2D eigenvalue weighted by molar-refractivity contribution is 14.0. The summed E-state index contributed by atoms with van der Waals surface area (Å²) in [5.74, 6) is 1.74. The summed E-state index contributed by atoms with van der Waals surface area (Å²) in [6.07, 6.45) is 0.962. The highest BCUT2D eigenvalue weighted by Gasteiger charge is 2.24. The van der Waals surface area contributed by atoms with E-state index >= 15 is 0 Å². The molecule has 25 heavy (non-hydrogen) atoms. The van der Waals surface area contributed by atoms with Gasteiger partial charge in [-0.1, -0.05) is 39.0 Å². The molecule has 0 spiro atoms. The Morgan fingerprint density at radius 1 is 1.16 bits per heavy atom.